The summed E-state index contributed by atoms with van der Waals surface area (Å²) in [5, 5.41) is 3.31. The average Bonchev–Trinajstić information content (AvgIpc) is 2.40. The van der Waals surface area contributed by atoms with E-state index >= 15 is 0 Å². The molecule has 0 aromatic rings. The Morgan fingerprint density at radius 2 is 1.81 bits per heavy atom. The van der Waals surface area contributed by atoms with Crippen LogP contribution in [0.5, 0.6) is 0 Å². The molecule has 0 aliphatic rings. The Labute approximate surface area is 131 Å². The monoisotopic (exact) mass is 301 g/mol. The second-order valence-corrected chi connectivity index (χ2v) is 6.01. The largest absolute Gasteiger partial charge is 0.465 e. The van der Waals surface area contributed by atoms with Crippen LogP contribution in [0.25, 0.3) is 0 Å². The summed E-state index contributed by atoms with van der Waals surface area (Å²) in [6.07, 6.45) is 1.95. The molecule has 0 heterocycles. The number of carbonyl (C=O) groups excluding carboxylic acids is 1. The number of hydrogen-bond donors (Lipinski definition) is 1. The van der Waals surface area contributed by atoms with Gasteiger partial charge in [0, 0.05) is 12.6 Å². The van der Waals surface area contributed by atoms with Gasteiger partial charge < -0.3 is 19.9 Å². The van der Waals surface area contributed by atoms with Crippen LogP contribution in [-0.4, -0.2) is 74.7 Å². The van der Waals surface area contributed by atoms with Crippen molar-refractivity contribution in [1.82, 2.24) is 15.1 Å². The highest BCUT2D eigenvalue weighted by atomic mass is 16.5. The first kappa shape index (κ1) is 20.3. The van der Waals surface area contributed by atoms with Crippen molar-refractivity contribution in [2.24, 2.45) is 0 Å². The molecular formula is C16H35N3O2. The lowest BCUT2D eigenvalue weighted by Gasteiger charge is -2.25. The van der Waals surface area contributed by atoms with Gasteiger partial charge in [0.25, 0.3) is 0 Å². The second kappa shape index (κ2) is 12.0. The maximum atomic E-state index is 12.0. The molecule has 0 saturated heterocycles. The highest BCUT2D eigenvalue weighted by Crippen LogP contribution is 2.02. The average molecular weight is 301 g/mol. The van der Waals surface area contributed by atoms with Gasteiger partial charge in [0.15, 0.2) is 0 Å². The SMILES string of the molecule is CCOC(=O)C(CCN(CC)CCCN(C)C)NC(C)C. The normalized spacial score (nSPS) is 13.2. The van der Waals surface area contributed by atoms with Crippen molar-refractivity contribution in [3.05, 3.63) is 0 Å². The molecule has 1 unspecified atom stereocenters. The van der Waals surface area contributed by atoms with Gasteiger partial charge in [-0.25, -0.2) is 0 Å². The second-order valence-electron chi connectivity index (χ2n) is 6.01. The van der Waals surface area contributed by atoms with Crippen LogP contribution >= 0.6 is 0 Å². The quantitative estimate of drug-likeness (QED) is 0.555. The zero-order chi connectivity index (χ0) is 16.3. The fourth-order valence-electron chi connectivity index (χ4n) is 2.26. The maximum Gasteiger partial charge on any atom is 0.323 e. The Bertz CT molecular complexity index is 270. The van der Waals surface area contributed by atoms with Gasteiger partial charge in [0.1, 0.15) is 6.04 Å². The van der Waals surface area contributed by atoms with Crippen molar-refractivity contribution in [2.45, 2.75) is 52.6 Å². The summed E-state index contributed by atoms with van der Waals surface area (Å²) in [7, 11) is 4.19. The lowest BCUT2D eigenvalue weighted by Crippen LogP contribution is -2.44. The van der Waals surface area contributed by atoms with E-state index < -0.39 is 0 Å². The Morgan fingerprint density at radius 1 is 1.14 bits per heavy atom. The van der Waals surface area contributed by atoms with Gasteiger partial charge in [0.2, 0.25) is 0 Å². The van der Waals surface area contributed by atoms with Crippen molar-refractivity contribution < 1.29 is 9.53 Å². The number of nitrogens with zero attached hydrogens (tertiary/aromatic N) is 2. The lowest BCUT2D eigenvalue weighted by molar-refractivity contribution is -0.146. The van der Waals surface area contributed by atoms with Crippen molar-refractivity contribution in [1.29, 1.82) is 0 Å². The third kappa shape index (κ3) is 10.7. The molecular weight excluding hydrogens is 266 g/mol. The van der Waals surface area contributed by atoms with E-state index in [1.807, 2.05) is 6.92 Å². The smallest absolute Gasteiger partial charge is 0.323 e. The molecule has 5 nitrogen and oxygen atoms in total. The molecule has 0 spiro atoms. The summed E-state index contributed by atoms with van der Waals surface area (Å²) >= 11 is 0. The number of carbonyl (C=O) groups is 1. The number of rotatable bonds is 12. The van der Waals surface area contributed by atoms with E-state index in [1.165, 1.54) is 0 Å². The van der Waals surface area contributed by atoms with E-state index in [9.17, 15) is 4.79 Å². The lowest BCUT2D eigenvalue weighted by atomic mass is 10.1. The highest BCUT2D eigenvalue weighted by molar-refractivity contribution is 5.75. The van der Waals surface area contributed by atoms with Crippen molar-refractivity contribution in [2.75, 3.05) is 46.9 Å². The first-order valence-electron chi connectivity index (χ1n) is 8.20. The van der Waals surface area contributed by atoms with Gasteiger partial charge in [-0.05, 0) is 53.5 Å². The van der Waals surface area contributed by atoms with Crippen LogP contribution in [0.3, 0.4) is 0 Å². The van der Waals surface area contributed by atoms with Crippen molar-refractivity contribution in [3.63, 3.8) is 0 Å². The molecule has 0 aromatic heterocycles. The first-order chi connectivity index (χ1) is 9.90. The molecule has 0 aromatic carbocycles. The van der Waals surface area contributed by atoms with Crippen LogP contribution < -0.4 is 5.32 Å². The predicted molar refractivity (Wildman–Crippen MR) is 88.6 cm³/mol. The van der Waals surface area contributed by atoms with Crippen molar-refractivity contribution in [3.8, 4) is 0 Å². The molecule has 0 amide bonds. The number of ether oxygens (including phenoxy) is 1. The van der Waals surface area contributed by atoms with Gasteiger partial charge in [-0.1, -0.05) is 20.8 Å². The molecule has 0 rings (SSSR count). The molecule has 1 N–H and O–H groups in total. The van der Waals surface area contributed by atoms with Crippen LogP contribution in [0.2, 0.25) is 0 Å². The molecule has 0 fully saturated rings. The third-order valence-corrected chi connectivity index (χ3v) is 3.37. The fourth-order valence-corrected chi connectivity index (χ4v) is 2.26. The molecule has 0 aliphatic heterocycles. The standard InChI is InChI=1S/C16H35N3O2/c1-7-19(12-9-11-18(5)6)13-10-15(17-14(3)4)16(20)21-8-2/h14-15,17H,7-13H2,1-6H3. The summed E-state index contributed by atoms with van der Waals surface area (Å²) in [5.74, 6) is -0.129. The molecule has 0 aliphatic carbocycles. The van der Waals surface area contributed by atoms with Crippen LogP contribution in [-0.2, 0) is 9.53 Å². The predicted octanol–water partition coefficient (Wildman–Crippen LogP) is 1.58. The van der Waals surface area contributed by atoms with E-state index in [2.05, 4.69) is 50.0 Å². The van der Waals surface area contributed by atoms with Crippen LogP contribution in [0.1, 0.15) is 40.5 Å². The molecule has 5 heteroatoms. The Hall–Kier alpha value is -0.650. The molecule has 1 atom stereocenters. The van der Waals surface area contributed by atoms with Gasteiger partial charge in [-0.15, -0.1) is 0 Å². The minimum absolute atomic E-state index is 0.129. The van der Waals surface area contributed by atoms with Gasteiger partial charge in [-0.3, -0.25) is 4.79 Å². The summed E-state index contributed by atoms with van der Waals surface area (Å²) in [5.41, 5.74) is 0. The van der Waals surface area contributed by atoms with E-state index in [-0.39, 0.29) is 18.1 Å². The minimum atomic E-state index is -0.201. The summed E-state index contributed by atoms with van der Waals surface area (Å²) in [6, 6.07) is 0.0797. The van der Waals surface area contributed by atoms with E-state index in [4.69, 9.17) is 4.74 Å². The number of hydrogen-bond acceptors (Lipinski definition) is 5. The zero-order valence-corrected chi connectivity index (χ0v) is 14.8. The highest BCUT2D eigenvalue weighted by Gasteiger charge is 2.20. The van der Waals surface area contributed by atoms with E-state index in [0.29, 0.717) is 6.61 Å². The van der Waals surface area contributed by atoms with Gasteiger partial charge >= 0.3 is 5.97 Å². The molecule has 126 valence electrons. The van der Waals surface area contributed by atoms with Gasteiger partial charge in [0.05, 0.1) is 6.61 Å². The number of esters is 1. The maximum absolute atomic E-state index is 12.0. The van der Waals surface area contributed by atoms with Crippen LogP contribution in [0, 0.1) is 0 Å². The Balaban J connectivity index is 4.25. The molecule has 0 bridgehead atoms. The Kier molecular flexibility index (Phi) is 11.6. The van der Waals surface area contributed by atoms with E-state index in [0.717, 1.165) is 39.0 Å². The molecule has 0 radical (unpaired) electrons. The number of nitrogens with one attached hydrogen (secondary N) is 1. The van der Waals surface area contributed by atoms with Crippen LogP contribution in [0.15, 0.2) is 0 Å². The molecule has 21 heavy (non-hydrogen) atoms. The third-order valence-electron chi connectivity index (χ3n) is 3.37. The Morgan fingerprint density at radius 3 is 2.29 bits per heavy atom. The first-order valence-corrected chi connectivity index (χ1v) is 8.20. The summed E-state index contributed by atoms with van der Waals surface area (Å²) in [6.45, 7) is 12.7. The topological polar surface area (TPSA) is 44.8 Å². The van der Waals surface area contributed by atoms with Crippen LogP contribution in [0.4, 0.5) is 0 Å². The van der Waals surface area contributed by atoms with Gasteiger partial charge in [-0.2, -0.15) is 0 Å². The zero-order valence-electron chi connectivity index (χ0n) is 14.8. The van der Waals surface area contributed by atoms with E-state index in [1.54, 1.807) is 0 Å². The molecule has 0 saturated carbocycles. The fraction of sp³-hybridized carbons (Fsp3) is 0.938. The summed E-state index contributed by atoms with van der Waals surface area (Å²) in [4.78, 5) is 16.6. The van der Waals surface area contributed by atoms with Crippen molar-refractivity contribution >= 4 is 5.97 Å². The minimum Gasteiger partial charge on any atom is -0.465 e. The summed E-state index contributed by atoms with van der Waals surface area (Å²) < 4.78 is 5.16.